The van der Waals surface area contributed by atoms with Crippen LogP contribution >= 0.6 is 11.6 Å². The molecule has 0 radical (unpaired) electrons. The lowest BCUT2D eigenvalue weighted by atomic mass is 9.91. The summed E-state index contributed by atoms with van der Waals surface area (Å²) in [5.41, 5.74) is -2.34. The summed E-state index contributed by atoms with van der Waals surface area (Å²) in [5, 5.41) is 7.36. The first-order chi connectivity index (χ1) is 17.5. The standard InChI is InChI=1S/C25H27ClF5N3O4/c1-13(2)33-22(36)17-10-15(6-8-19(17)38-12-20(27)28)34-21(35)16-9-14(5-7-18(16)26)11-32-23(37)24(3,4)25(29,30)31/h5-10,13,20H,11-12H2,1-4H3,(H,32,37)(H,33,36)(H,34,35). The van der Waals surface area contributed by atoms with Gasteiger partial charge in [-0.3, -0.25) is 14.4 Å². The zero-order valence-corrected chi connectivity index (χ0v) is 21.7. The molecule has 0 saturated carbocycles. The van der Waals surface area contributed by atoms with Crippen molar-refractivity contribution < 1.29 is 41.1 Å². The Kier molecular flexibility index (Phi) is 10.1. The van der Waals surface area contributed by atoms with Crippen molar-refractivity contribution in [3.05, 3.63) is 58.1 Å². The quantitative estimate of drug-likeness (QED) is 0.329. The Morgan fingerprint density at radius 1 is 0.974 bits per heavy atom. The number of amides is 3. The lowest BCUT2D eigenvalue weighted by Crippen LogP contribution is -2.46. The second kappa shape index (κ2) is 12.4. The van der Waals surface area contributed by atoms with E-state index in [1.807, 2.05) is 0 Å². The number of carbonyl (C=O) groups is 3. The topological polar surface area (TPSA) is 96.5 Å². The predicted octanol–water partition coefficient (Wildman–Crippen LogP) is 5.58. The molecule has 3 N–H and O–H groups in total. The van der Waals surface area contributed by atoms with Crippen LogP contribution in [0.3, 0.4) is 0 Å². The molecule has 0 fully saturated rings. The summed E-state index contributed by atoms with van der Waals surface area (Å²) < 4.78 is 69.5. The third-order valence-corrected chi connectivity index (χ3v) is 5.60. The Morgan fingerprint density at radius 2 is 1.63 bits per heavy atom. The zero-order valence-electron chi connectivity index (χ0n) is 20.9. The van der Waals surface area contributed by atoms with Crippen LogP contribution in [0.25, 0.3) is 0 Å². The minimum absolute atomic E-state index is 0.0165. The van der Waals surface area contributed by atoms with Gasteiger partial charge in [0, 0.05) is 18.3 Å². The van der Waals surface area contributed by atoms with Crippen LogP contribution in [0.1, 0.15) is 54.0 Å². The van der Waals surface area contributed by atoms with Crippen LogP contribution in [0.2, 0.25) is 5.02 Å². The fourth-order valence-corrected chi connectivity index (χ4v) is 3.19. The van der Waals surface area contributed by atoms with Gasteiger partial charge in [0.1, 0.15) is 17.8 Å². The van der Waals surface area contributed by atoms with Gasteiger partial charge in [-0.2, -0.15) is 13.2 Å². The first-order valence-corrected chi connectivity index (χ1v) is 11.7. The number of rotatable bonds is 10. The lowest BCUT2D eigenvalue weighted by Gasteiger charge is -2.26. The minimum Gasteiger partial charge on any atom is -0.487 e. The molecule has 0 aliphatic carbocycles. The average Bonchev–Trinajstić information content (AvgIpc) is 2.81. The van der Waals surface area contributed by atoms with E-state index in [-0.39, 0.29) is 40.2 Å². The number of ether oxygens (including phenoxy) is 1. The summed E-state index contributed by atoms with van der Waals surface area (Å²) in [6, 6.07) is 7.63. The van der Waals surface area contributed by atoms with Gasteiger partial charge in [-0.05, 0) is 63.6 Å². The number of carbonyl (C=O) groups excluding carboxylic acids is 3. The molecule has 0 aromatic heterocycles. The molecule has 3 amide bonds. The SMILES string of the molecule is CC(C)NC(=O)c1cc(NC(=O)c2cc(CNC(=O)C(C)(C)C(F)(F)F)ccc2Cl)ccc1OCC(F)F. The summed E-state index contributed by atoms with van der Waals surface area (Å²) >= 11 is 6.14. The molecule has 2 rings (SSSR count). The van der Waals surface area contributed by atoms with Gasteiger partial charge in [-0.1, -0.05) is 17.7 Å². The van der Waals surface area contributed by atoms with Crippen LogP contribution in [-0.4, -0.2) is 43.0 Å². The van der Waals surface area contributed by atoms with Crippen LogP contribution < -0.4 is 20.7 Å². The molecule has 7 nitrogen and oxygen atoms in total. The highest BCUT2D eigenvalue weighted by Crippen LogP contribution is 2.37. The van der Waals surface area contributed by atoms with Crippen molar-refractivity contribution in [3.8, 4) is 5.75 Å². The number of alkyl halides is 5. The first-order valence-electron chi connectivity index (χ1n) is 11.3. The largest absolute Gasteiger partial charge is 0.487 e. The summed E-state index contributed by atoms with van der Waals surface area (Å²) in [4.78, 5) is 37.5. The van der Waals surface area contributed by atoms with Crippen molar-refractivity contribution in [1.82, 2.24) is 10.6 Å². The Hall–Kier alpha value is -3.41. The van der Waals surface area contributed by atoms with Gasteiger partial charge < -0.3 is 20.7 Å². The average molecular weight is 564 g/mol. The van der Waals surface area contributed by atoms with Crippen LogP contribution in [-0.2, 0) is 11.3 Å². The number of halogens is 6. The number of hydrogen-bond acceptors (Lipinski definition) is 4. The normalized spacial score (nSPS) is 11.9. The maximum Gasteiger partial charge on any atom is 0.402 e. The van der Waals surface area contributed by atoms with Crippen molar-refractivity contribution in [1.29, 1.82) is 0 Å². The molecule has 0 spiro atoms. The second-order valence-electron chi connectivity index (χ2n) is 9.11. The fraction of sp³-hybridized carbons (Fsp3) is 0.400. The molecule has 0 aliphatic rings. The van der Waals surface area contributed by atoms with E-state index in [1.54, 1.807) is 13.8 Å². The Balaban J connectivity index is 2.24. The van der Waals surface area contributed by atoms with Crippen molar-refractivity contribution in [2.45, 2.75) is 52.9 Å². The third-order valence-electron chi connectivity index (χ3n) is 5.27. The van der Waals surface area contributed by atoms with E-state index in [2.05, 4.69) is 16.0 Å². The monoisotopic (exact) mass is 563 g/mol. The van der Waals surface area contributed by atoms with E-state index in [9.17, 15) is 36.3 Å². The molecule has 38 heavy (non-hydrogen) atoms. The second-order valence-corrected chi connectivity index (χ2v) is 9.52. The molecule has 13 heteroatoms. The van der Waals surface area contributed by atoms with Gasteiger partial charge >= 0.3 is 6.18 Å². The zero-order chi connectivity index (χ0) is 28.8. The van der Waals surface area contributed by atoms with E-state index < -0.39 is 42.3 Å². The van der Waals surface area contributed by atoms with E-state index in [0.29, 0.717) is 5.56 Å². The van der Waals surface area contributed by atoms with E-state index in [0.717, 1.165) is 13.8 Å². The highest BCUT2D eigenvalue weighted by molar-refractivity contribution is 6.34. The Bertz CT molecular complexity index is 1190. The maximum atomic E-state index is 13.1. The molecule has 0 bridgehead atoms. The third kappa shape index (κ3) is 8.04. The number of benzene rings is 2. The molecule has 0 unspecified atom stereocenters. The number of hydrogen-bond donors (Lipinski definition) is 3. The molecule has 2 aromatic rings. The van der Waals surface area contributed by atoms with Crippen LogP contribution in [0.4, 0.5) is 27.6 Å². The predicted molar refractivity (Wildman–Crippen MR) is 132 cm³/mol. The molecular formula is C25H27ClF5N3O4. The number of nitrogens with one attached hydrogen (secondary N) is 3. The highest BCUT2D eigenvalue weighted by atomic mass is 35.5. The van der Waals surface area contributed by atoms with E-state index in [1.165, 1.54) is 36.4 Å². The molecule has 0 heterocycles. The van der Waals surface area contributed by atoms with Crippen molar-refractivity contribution >= 4 is 35.0 Å². The summed E-state index contributed by atoms with van der Waals surface area (Å²) in [6.07, 6.45) is -7.53. The maximum absolute atomic E-state index is 13.1. The Morgan fingerprint density at radius 3 is 2.21 bits per heavy atom. The molecule has 208 valence electrons. The summed E-state index contributed by atoms with van der Waals surface area (Å²) in [7, 11) is 0. The smallest absolute Gasteiger partial charge is 0.402 e. The highest BCUT2D eigenvalue weighted by Gasteiger charge is 2.52. The van der Waals surface area contributed by atoms with Crippen molar-refractivity contribution in [2.24, 2.45) is 5.41 Å². The van der Waals surface area contributed by atoms with Gasteiger partial charge in [0.15, 0.2) is 0 Å². The van der Waals surface area contributed by atoms with Crippen molar-refractivity contribution in [2.75, 3.05) is 11.9 Å². The Labute approximate surface area is 221 Å². The summed E-state index contributed by atoms with van der Waals surface area (Å²) in [5.74, 6) is -2.69. The van der Waals surface area contributed by atoms with E-state index in [4.69, 9.17) is 16.3 Å². The fourth-order valence-electron chi connectivity index (χ4n) is 2.99. The first kappa shape index (κ1) is 30.8. The van der Waals surface area contributed by atoms with Gasteiger partial charge in [0.25, 0.3) is 18.2 Å². The van der Waals surface area contributed by atoms with Gasteiger partial charge in [0.2, 0.25) is 5.91 Å². The van der Waals surface area contributed by atoms with Crippen LogP contribution in [0.5, 0.6) is 5.75 Å². The summed E-state index contributed by atoms with van der Waals surface area (Å²) in [6.45, 7) is 3.67. The van der Waals surface area contributed by atoms with Crippen LogP contribution in [0, 0.1) is 5.41 Å². The van der Waals surface area contributed by atoms with Gasteiger partial charge in [-0.15, -0.1) is 0 Å². The molecule has 2 aromatic carbocycles. The minimum atomic E-state index is -4.76. The van der Waals surface area contributed by atoms with Gasteiger partial charge in [0.05, 0.1) is 16.1 Å². The molecule has 0 aliphatic heterocycles. The van der Waals surface area contributed by atoms with Crippen molar-refractivity contribution in [3.63, 3.8) is 0 Å². The molecular weight excluding hydrogens is 537 g/mol. The van der Waals surface area contributed by atoms with Gasteiger partial charge in [-0.25, -0.2) is 8.78 Å². The molecule has 0 atom stereocenters. The lowest BCUT2D eigenvalue weighted by molar-refractivity contribution is -0.211. The number of anilines is 1. The molecule has 0 saturated heterocycles. The van der Waals surface area contributed by atoms with Crippen LogP contribution in [0.15, 0.2) is 36.4 Å². The van der Waals surface area contributed by atoms with E-state index >= 15 is 0 Å².